The molecule has 0 aromatic heterocycles. The van der Waals surface area contributed by atoms with Gasteiger partial charge in [0.05, 0.1) is 43.0 Å². The highest BCUT2D eigenvalue weighted by atomic mass is 28.4. The van der Waals surface area contributed by atoms with E-state index in [-0.39, 0.29) is 53.5 Å². The molecule has 1 saturated heterocycles. The third-order valence-corrected chi connectivity index (χ3v) is 17.3. The summed E-state index contributed by atoms with van der Waals surface area (Å²) in [5.74, 6) is -0.579. The zero-order chi connectivity index (χ0) is 28.3. The maximum Gasteiger partial charge on any atom is 0.311 e. The standard InChI is InChI=1S/C27H56O7Si2/c1-25(2,3)24(29)31-18-22-20(16-28)23(30-10)21(33-22)15-19(34-36(13,14)27(7,8)9)17-32-35(11,12)26(4,5)6/h19-23,28H,15-18H2,1-14H3/t19-,20-,21+,22-,23+/m0/s1. The van der Waals surface area contributed by atoms with Gasteiger partial charge in [-0.15, -0.1) is 0 Å². The Morgan fingerprint density at radius 3 is 1.86 bits per heavy atom. The topological polar surface area (TPSA) is 83.5 Å². The van der Waals surface area contributed by atoms with E-state index in [1.165, 1.54) is 0 Å². The fourth-order valence-corrected chi connectivity index (χ4v) is 6.07. The molecule has 0 bridgehead atoms. The average Bonchev–Trinajstić information content (AvgIpc) is 3.03. The van der Waals surface area contributed by atoms with Crippen molar-refractivity contribution in [1.29, 1.82) is 0 Å². The molecule has 0 aromatic carbocycles. The fourth-order valence-electron chi connectivity index (χ4n) is 3.69. The molecule has 1 N–H and O–H groups in total. The fraction of sp³-hybridized carbons (Fsp3) is 0.963. The molecule has 0 spiro atoms. The summed E-state index contributed by atoms with van der Waals surface area (Å²) in [5, 5.41) is 10.3. The first-order valence-electron chi connectivity index (χ1n) is 13.4. The lowest BCUT2D eigenvalue weighted by Gasteiger charge is -2.42. The van der Waals surface area contributed by atoms with Crippen LogP contribution in [0.4, 0.5) is 0 Å². The summed E-state index contributed by atoms with van der Waals surface area (Å²) in [4.78, 5) is 12.3. The molecule has 1 fully saturated rings. The SMILES string of the molecule is CO[C@@H]1[C@@H](CO)[C@H](COC(=O)C(C)(C)C)O[C@@H]1C[C@@H](CO[Si](C)(C)C(C)(C)C)O[Si](C)(C)C(C)(C)C. The van der Waals surface area contributed by atoms with Gasteiger partial charge in [-0.1, -0.05) is 41.5 Å². The molecule has 0 amide bonds. The van der Waals surface area contributed by atoms with Crippen LogP contribution in [-0.4, -0.2) is 79.1 Å². The third kappa shape index (κ3) is 8.88. The van der Waals surface area contributed by atoms with E-state index in [4.69, 9.17) is 23.1 Å². The molecule has 9 heteroatoms. The summed E-state index contributed by atoms with van der Waals surface area (Å²) in [5.41, 5.74) is -0.601. The van der Waals surface area contributed by atoms with Crippen LogP contribution in [0.1, 0.15) is 68.7 Å². The second-order valence-corrected chi connectivity index (χ2v) is 24.0. The van der Waals surface area contributed by atoms with E-state index in [9.17, 15) is 9.90 Å². The van der Waals surface area contributed by atoms with E-state index in [1.54, 1.807) is 7.11 Å². The highest BCUT2D eigenvalue weighted by Gasteiger charge is 2.48. The highest BCUT2D eigenvalue weighted by Crippen LogP contribution is 2.41. The lowest BCUT2D eigenvalue weighted by Crippen LogP contribution is -2.49. The average molecular weight is 549 g/mol. The number of aliphatic hydroxyl groups excluding tert-OH is 1. The molecule has 0 unspecified atom stereocenters. The highest BCUT2D eigenvalue weighted by molar-refractivity contribution is 6.74. The van der Waals surface area contributed by atoms with E-state index in [0.29, 0.717) is 13.0 Å². The first kappa shape index (κ1) is 33.7. The van der Waals surface area contributed by atoms with E-state index in [2.05, 4.69) is 67.7 Å². The second kappa shape index (κ2) is 12.3. The maximum absolute atomic E-state index is 12.3. The van der Waals surface area contributed by atoms with Crippen LogP contribution >= 0.6 is 0 Å². The van der Waals surface area contributed by atoms with Gasteiger partial charge < -0.3 is 28.2 Å². The molecular formula is C27H56O7Si2. The lowest BCUT2D eigenvalue weighted by atomic mass is 9.94. The number of carbonyl (C=O) groups is 1. The van der Waals surface area contributed by atoms with Crippen LogP contribution in [0.15, 0.2) is 0 Å². The van der Waals surface area contributed by atoms with Gasteiger partial charge in [-0.05, 0) is 57.0 Å². The largest absolute Gasteiger partial charge is 0.463 e. The van der Waals surface area contributed by atoms with Gasteiger partial charge in [-0.3, -0.25) is 4.79 Å². The number of methoxy groups -OCH3 is 1. The van der Waals surface area contributed by atoms with Crippen molar-refractivity contribution in [2.75, 3.05) is 26.9 Å². The van der Waals surface area contributed by atoms with Crippen LogP contribution in [0.3, 0.4) is 0 Å². The van der Waals surface area contributed by atoms with Gasteiger partial charge in [-0.25, -0.2) is 0 Å². The zero-order valence-corrected chi connectivity index (χ0v) is 27.6. The summed E-state index contributed by atoms with van der Waals surface area (Å²) in [6.45, 7) is 28.3. The van der Waals surface area contributed by atoms with Crippen LogP contribution in [0, 0.1) is 11.3 Å². The Hall–Kier alpha value is -0.296. The summed E-state index contributed by atoms with van der Waals surface area (Å²) in [6, 6.07) is 0. The van der Waals surface area contributed by atoms with Crippen LogP contribution < -0.4 is 0 Å². The van der Waals surface area contributed by atoms with Crippen LogP contribution in [0.5, 0.6) is 0 Å². The Morgan fingerprint density at radius 1 is 0.917 bits per heavy atom. The molecule has 36 heavy (non-hydrogen) atoms. The van der Waals surface area contributed by atoms with Crippen molar-refractivity contribution in [3.05, 3.63) is 0 Å². The van der Waals surface area contributed by atoms with Gasteiger partial charge in [0.15, 0.2) is 16.6 Å². The number of hydrogen-bond donors (Lipinski definition) is 1. The number of aliphatic hydroxyl groups is 1. The summed E-state index contributed by atoms with van der Waals surface area (Å²) >= 11 is 0. The van der Waals surface area contributed by atoms with Gasteiger partial charge in [-0.2, -0.15) is 0 Å². The molecule has 7 nitrogen and oxygen atoms in total. The second-order valence-electron chi connectivity index (χ2n) is 14.4. The Balaban J connectivity index is 3.12. The Kier molecular flexibility index (Phi) is 11.5. The molecular weight excluding hydrogens is 492 g/mol. The number of ether oxygens (including phenoxy) is 3. The van der Waals surface area contributed by atoms with Gasteiger partial charge in [0.1, 0.15) is 6.61 Å². The summed E-state index contributed by atoms with van der Waals surface area (Å²) in [7, 11) is -2.43. The van der Waals surface area contributed by atoms with E-state index < -0.39 is 28.2 Å². The van der Waals surface area contributed by atoms with E-state index in [1.807, 2.05) is 20.8 Å². The first-order valence-corrected chi connectivity index (χ1v) is 19.2. The van der Waals surface area contributed by atoms with Crippen LogP contribution in [0.2, 0.25) is 36.3 Å². The molecule has 214 valence electrons. The van der Waals surface area contributed by atoms with E-state index in [0.717, 1.165) is 0 Å². The van der Waals surface area contributed by atoms with Crippen molar-refractivity contribution in [2.24, 2.45) is 11.3 Å². The minimum absolute atomic E-state index is 0.0523. The van der Waals surface area contributed by atoms with Gasteiger partial charge in [0.2, 0.25) is 0 Å². The zero-order valence-electron chi connectivity index (χ0n) is 25.6. The number of hydrogen-bond acceptors (Lipinski definition) is 7. The molecule has 1 heterocycles. The molecule has 0 saturated carbocycles. The van der Waals surface area contributed by atoms with Crippen molar-refractivity contribution in [2.45, 2.75) is 129 Å². The molecule has 1 aliphatic rings. The van der Waals surface area contributed by atoms with E-state index >= 15 is 0 Å². The molecule has 1 aliphatic heterocycles. The lowest BCUT2D eigenvalue weighted by molar-refractivity contribution is -0.158. The minimum atomic E-state index is -2.09. The molecule has 1 rings (SSSR count). The van der Waals surface area contributed by atoms with Crippen molar-refractivity contribution in [3.63, 3.8) is 0 Å². The number of rotatable bonds is 11. The van der Waals surface area contributed by atoms with Gasteiger partial charge >= 0.3 is 5.97 Å². The smallest absolute Gasteiger partial charge is 0.311 e. The van der Waals surface area contributed by atoms with Crippen molar-refractivity contribution in [1.82, 2.24) is 0 Å². The monoisotopic (exact) mass is 548 g/mol. The van der Waals surface area contributed by atoms with Crippen molar-refractivity contribution < 1.29 is 33.0 Å². The number of carbonyl (C=O) groups excluding carboxylic acids is 1. The van der Waals surface area contributed by atoms with Gasteiger partial charge in [0.25, 0.3) is 0 Å². The normalized spacial score (nSPS) is 25.2. The van der Waals surface area contributed by atoms with Crippen LogP contribution in [-0.2, 0) is 27.9 Å². The minimum Gasteiger partial charge on any atom is -0.463 e. The summed E-state index contributed by atoms with van der Waals surface area (Å²) < 4.78 is 31.2. The maximum atomic E-state index is 12.3. The van der Waals surface area contributed by atoms with Crippen LogP contribution in [0.25, 0.3) is 0 Å². The Labute approximate surface area is 223 Å². The first-order chi connectivity index (χ1) is 16.1. The van der Waals surface area contributed by atoms with Gasteiger partial charge in [0, 0.05) is 19.4 Å². The van der Waals surface area contributed by atoms with Crippen molar-refractivity contribution >= 4 is 22.6 Å². The quantitative estimate of drug-likeness (QED) is 0.259. The molecule has 0 aromatic rings. The molecule has 5 atom stereocenters. The Morgan fingerprint density at radius 2 is 1.44 bits per heavy atom. The van der Waals surface area contributed by atoms with Crippen molar-refractivity contribution in [3.8, 4) is 0 Å². The Bertz CT molecular complexity index is 704. The predicted octanol–water partition coefficient (Wildman–Crippen LogP) is 5.77. The summed E-state index contributed by atoms with van der Waals surface area (Å²) in [6.07, 6.45) is -0.654. The third-order valence-electron chi connectivity index (χ3n) is 8.29. The predicted molar refractivity (Wildman–Crippen MR) is 150 cm³/mol. The number of esters is 1. The molecule has 0 radical (unpaired) electrons. The molecule has 0 aliphatic carbocycles.